The molecule has 0 amide bonds. The molecule has 0 aliphatic carbocycles. The van der Waals surface area contributed by atoms with Gasteiger partial charge in [-0.15, -0.1) is 0 Å². The zero-order chi connectivity index (χ0) is 10.6. The van der Waals surface area contributed by atoms with E-state index in [1.54, 1.807) is 18.5 Å². The number of aliphatic carboxylic acids is 1. The first-order chi connectivity index (χ1) is 6.61. The van der Waals surface area contributed by atoms with E-state index in [-0.39, 0.29) is 5.92 Å². The molecule has 5 nitrogen and oxygen atoms in total. The van der Waals surface area contributed by atoms with Crippen LogP contribution in [0.2, 0.25) is 0 Å². The molecule has 0 aromatic carbocycles. The van der Waals surface area contributed by atoms with E-state index in [2.05, 4.69) is 15.3 Å². The molecule has 0 aliphatic rings. The van der Waals surface area contributed by atoms with E-state index in [0.717, 1.165) is 0 Å². The molecule has 14 heavy (non-hydrogen) atoms. The zero-order valence-corrected chi connectivity index (χ0v) is 8.14. The minimum Gasteiger partial charge on any atom is -0.480 e. The molecule has 0 spiro atoms. The van der Waals surface area contributed by atoms with Crippen molar-refractivity contribution >= 4 is 11.9 Å². The SMILES string of the molecule is CC(C)[C@H](Nc1ncccn1)C(=O)O. The van der Waals surface area contributed by atoms with Crippen molar-refractivity contribution in [2.75, 3.05) is 5.32 Å². The van der Waals surface area contributed by atoms with Gasteiger partial charge in [0.25, 0.3) is 0 Å². The Morgan fingerprint density at radius 1 is 1.43 bits per heavy atom. The van der Waals surface area contributed by atoms with Crippen LogP contribution in [0, 0.1) is 5.92 Å². The second-order valence-corrected chi connectivity index (χ2v) is 3.28. The Bertz CT molecular complexity index is 300. The number of nitrogens with zero attached hydrogens (tertiary/aromatic N) is 2. The van der Waals surface area contributed by atoms with Gasteiger partial charge in [-0.1, -0.05) is 13.8 Å². The highest BCUT2D eigenvalue weighted by Crippen LogP contribution is 2.07. The predicted octanol–water partition coefficient (Wildman–Crippen LogP) is 0.998. The third-order valence-corrected chi connectivity index (χ3v) is 1.78. The minimum atomic E-state index is -0.896. The molecule has 0 bridgehead atoms. The largest absolute Gasteiger partial charge is 0.480 e. The summed E-state index contributed by atoms with van der Waals surface area (Å²) in [5.74, 6) is -0.572. The Labute approximate surface area is 82.2 Å². The van der Waals surface area contributed by atoms with E-state index in [1.807, 2.05) is 13.8 Å². The number of anilines is 1. The fraction of sp³-hybridized carbons (Fsp3) is 0.444. The summed E-state index contributed by atoms with van der Waals surface area (Å²) in [6, 6.07) is 1.02. The monoisotopic (exact) mass is 195 g/mol. The van der Waals surface area contributed by atoms with Crippen LogP contribution in [0.3, 0.4) is 0 Å². The highest BCUT2D eigenvalue weighted by atomic mass is 16.4. The quantitative estimate of drug-likeness (QED) is 0.749. The van der Waals surface area contributed by atoms with Crippen LogP contribution in [0.4, 0.5) is 5.95 Å². The average molecular weight is 195 g/mol. The van der Waals surface area contributed by atoms with Crippen molar-refractivity contribution in [3.8, 4) is 0 Å². The van der Waals surface area contributed by atoms with E-state index in [4.69, 9.17) is 5.11 Å². The molecule has 0 aliphatic heterocycles. The van der Waals surface area contributed by atoms with Gasteiger partial charge >= 0.3 is 5.97 Å². The van der Waals surface area contributed by atoms with Gasteiger partial charge in [0.15, 0.2) is 0 Å². The molecule has 2 N–H and O–H groups in total. The molecule has 0 radical (unpaired) electrons. The van der Waals surface area contributed by atoms with Crippen LogP contribution in [0.15, 0.2) is 18.5 Å². The second kappa shape index (κ2) is 4.55. The third kappa shape index (κ3) is 2.69. The van der Waals surface area contributed by atoms with Crippen LogP contribution in [0.5, 0.6) is 0 Å². The van der Waals surface area contributed by atoms with Gasteiger partial charge in [-0.3, -0.25) is 0 Å². The van der Waals surface area contributed by atoms with Crippen molar-refractivity contribution in [3.63, 3.8) is 0 Å². The Balaban J connectivity index is 2.70. The Morgan fingerprint density at radius 3 is 2.43 bits per heavy atom. The number of carbonyl (C=O) groups is 1. The summed E-state index contributed by atoms with van der Waals surface area (Å²) in [6.45, 7) is 3.66. The Morgan fingerprint density at radius 2 is 2.00 bits per heavy atom. The highest BCUT2D eigenvalue weighted by molar-refractivity contribution is 5.76. The van der Waals surface area contributed by atoms with E-state index in [9.17, 15) is 4.79 Å². The van der Waals surface area contributed by atoms with E-state index in [1.165, 1.54) is 0 Å². The lowest BCUT2D eigenvalue weighted by Crippen LogP contribution is -2.34. The first-order valence-corrected chi connectivity index (χ1v) is 4.37. The lowest BCUT2D eigenvalue weighted by molar-refractivity contribution is -0.138. The highest BCUT2D eigenvalue weighted by Gasteiger charge is 2.21. The van der Waals surface area contributed by atoms with Gasteiger partial charge in [0.1, 0.15) is 6.04 Å². The van der Waals surface area contributed by atoms with Crippen molar-refractivity contribution in [1.29, 1.82) is 0 Å². The molecule has 0 saturated heterocycles. The maximum absolute atomic E-state index is 10.8. The Kier molecular flexibility index (Phi) is 3.39. The summed E-state index contributed by atoms with van der Waals surface area (Å²) < 4.78 is 0. The van der Waals surface area contributed by atoms with Gasteiger partial charge in [0.05, 0.1) is 0 Å². The Hall–Kier alpha value is -1.65. The summed E-state index contributed by atoms with van der Waals surface area (Å²) in [6.07, 6.45) is 3.13. The van der Waals surface area contributed by atoms with E-state index in [0.29, 0.717) is 5.95 Å². The van der Waals surface area contributed by atoms with Crippen LogP contribution < -0.4 is 5.32 Å². The molecule has 0 unspecified atom stereocenters. The lowest BCUT2D eigenvalue weighted by atomic mass is 10.1. The normalized spacial score (nSPS) is 12.5. The molecule has 1 atom stereocenters. The van der Waals surface area contributed by atoms with Gasteiger partial charge in [-0.05, 0) is 12.0 Å². The smallest absolute Gasteiger partial charge is 0.326 e. The molecule has 76 valence electrons. The third-order valence-electron chi connectivity index (χ3n) is 1.78. The number of carboxylic acid groups (broad SMARTS) is 1. The van der Waals surface area contributed by atoms with Crippen molar-refractivity contribution < 1.29 is 9.90 Å². The zero-order valence-electron chi connectivity index (χ0n) is 8.14. The number of carboxylic acids is 1. The topological polar surface area (TPSA) is 75.1 Å². The maximum atomic E-state index is 10.8. The predicted molar refractivity (Wildman–Crippen MR) is 51.9 cm³/mol. The number of nitrogens with one attached hydrogen (secondary N) is 1. The summed E-state index contributed by atoms with van der Waals surface area (Å²) in [4.78, 5) is 18.6. The molecule has 1 heterocycles. The molecule has 0 saturated carbocycles. The average Bonchev–Trinajstić information content (AvgIpc) is 2.15. The van der Waals surface area contributed by atoms with Crippen molar-refractivity contribution in [2.45, 2.75) is 19.9 Å². The molecule has 1 rings (SSSR count). The summed E-state index contributed by atoms with van der Waals surface area (Å²) in [5.41, 5.74) is 0. The lowest BCUT2D eigenvalue weighted by Gasteiger charge is -2.17. The second-order valence-electron chi connectivity index (χ2n) is 3.28. The maximum Gasteiger partial charge on any atom is 0.326 e. The van der Waals surface area contributed by atoms with Crippen LogP contribution in [0.25, 0.3) is 0 Å². The van der Waals surface area contributed by atoms with Crippen molar-refractivity contribution in [3.05, 3.63) is 18.5 Å². The molecular weight excluding hydrogens is 182 g/mol. The van der Waals surface area contributed by atoms with Crippen LogP contribution in [-0.2, 0) is 4.79 Å². The van der Waals surface area contributed by atoms with Gasteiger partial charge in [-0.25, -0.2) is 14.8 Å². The van der Waals surface area contributed by atoms with Gasteiger partial charge in [-0.2, -0.15) is 0 Å². The van der Waals surface area contributed by atoms with Crippen LogP contribution >= 0.6 is 0 Å². The minimum absolute atomic E-state index is 0.0173. The number of aromatic nitrogens is 2. The molecule has 5 heteroatoms. The molecule has 1 aromatic heterocycles. The fourth-order valence-corrected chi connectivity index (χ4v) is 1.03. The summed E-state index contributed by atoms with van der Waals surface area (Å²) in [7, 11) is 0. The van der Waals surface area contributed by atoms with Gasteiger partial charge < -0.3 is 10.4 Å². The summed E-state index contributed by atoms with van der Waals surface area (Å²) >= 11 is 0. The number of hydrogen-bond acceptors (Lipinski definition) is 4. The fourth-order valence-electron chi connectivity index (χ4n) is 1.03. The van der Waals surface area contributed by atoms with Gasteiger partial charge in [0.2, 0.25) is 5.95 Å². The van der Waals surface area contributed by atoms with E-state index < -0.39 is 12.0 Å². The summed E-state index contributed by atoms with van der Waals surface area (Å²) in [5, 5.41) is 11.6. The first kappa shape index (κ1) is 10.4. The first-order valence-electron chi connectivity index (χ1n) is 4.37. The number of hydrogen-bond donors (Lipinski definition) is 2. The molecule has 0 fully saturated rings. The van der Waals surface area contributed by atoms with Crippen LogP contribution in [0.1, 0.15) is 13.8 Å². The van der Waals surface area contributed by atoms with Gasteiger partial charge in [0, 0.05) is 12.4 Å². The molecule has 1 aromatic rings. The molecular formula is C9H13N3O2. The number of rotatable bonds is 4. The van der Waals surface area contributed by atoms with E-state index >= 15 is 0 Å². The standard InChI is InChI=1S/C9H13N3O2/c1-6(2)7(8(13)14)12-9-10-4-3-5-11-9/h3-7H,1-2H3,(H,13,14)(H,10,11,12)/t7-/m0/s1. The van der Waals surface area contributed by atoms with Crippen molar-refractivity contribution in [2.24, 2.45) is 5.92 Å². The van der Waals surface area contributed by atoms with Crippen LogP contribution in [-0.4, -0.2) is 27.1 Å². The van der Waals surface area contributed by atoms with Crippen molar-refractivity contribution in [1.82, 2.24) is 9.97 Å².